The zero-order valence-corrected chi connectivity index (χ0v) is 19.7. The fraction of sp³-hybridized carbons (Fsp3) is 0.370. The van der Waals surface area contributed by atoms with Crippen molar-refractivity contribution in [3.8, 4) is 0 Å². The highest BCUT2D eigenvalue weighted by molar-refractivity contribution is 5.90. The van der Waals surface area contributed by atoms with Gasteiger partial charge in [0.05, 0.1) is 18.9 Å². The smallest absolute Gasteiger partial charge is 0.339 e. The van der Waals surface area contributed by atoms with E-state index < -0.39 is 0 Å². The molecule has 2 amide bonds. The predicted molar refractivity (Wildman–Crippen MR) is 132 cm³/mol. The van der Waals surface area contributed by atoms with Crippen LogP contribution in [0.2, 0.25) is 0 Å². The van der Waals surface area contributed by atoms with Gasteiger partial charge in [0.25, 0.3) is 0 Å². The number of fused-ring (bicyclic) bond motifs is 3. The van der Waals surface area contributed by atoms with Gasteiger partial charge in [-0.05, 0) is 43.0 Å². The Balaban J connectivity index is 1.12. The normalized spacial score (nSPS) is 21.9. The summed E-state index contributed by atoms with van der Waals surface area (Å²) >= 11 is 0. The standard InChI is InChI=1S/C27H28N4O4/c1-34-26(32)20-5-8-24(28-15-20)31-21-6-7-22(31)17-30(16-21)27(33)29-12-9-18(10-13-29)23-4-2-3-19-11-14-35-25(19)23/h2-5,8-9,11,14-15,21-22H,6-7,10,12-13,16-17H2,1H3. The van der Waals surface area contributed by atoms with E-state index >= 15 is 0 Å². The molecule has 8 nitrogen and oxygen atoms in total. The predicted octanol–water partition coefficient (Wildman–Crippen LogP) is 4.18. The van der Waals surface area contributed by atoms with Crippen LogP contribution in [0.4, 0.5) is 10.6 Å². The van der Waals surface area contributed by atoms with Gasteiger partial charge in [-0.15, -0.1) is 0 Å². The van der Waals surface area contributed by atoms with E-state index in [1.54, 1.807) is 18.5 Å². The average molecular weight is 473 g/mol. The van der Waals surface area contributed by atoms with Crippen LogP contribution in [0.3, 0.4) is 0 Å². The number of nitrogens with zero attached hydrogens (tertiary/aromatic N) is 4. The second-order valence-electron chi connectivity index (χ2n) is 9.45. The van der Waals surface area contributed by atoms with Crippen molar-refractivity contribution in [1.82, 2.24) is 14.8 Å². The molecule has 2 aromatic heterocycles. The van der Waals surface area contributed by atoms with Crippen LogP contribution in [0.5, 0.6) is 0 Å². The molecule has 6 rings (SSSR count). The number of para-hydroxylation sites is 1. The number of furan rings is 1. The van der Waals surface area contributed by atoms with Gasteiger partial charge in [0.15, 0.2) is 0 Å². The summed E-state index contributed by atoms with van der Waals surface area (Å²) in [6.07, 6.45) is 8.34. The molecule has 3 aliphatic heterocycles. The van der Waals surface area contributed by atoms with E-state index in [0.29, 0.717) is 31.7 Å². The summed E-state index contributed by atoms with van der Waals surface area (Å²) in [6, 6.07) is 12.4. The Morgan fingerprint density at radius 3 is 2.57 bits per heavy atom. The number of aromatic nitrogens is 1. The van der Waals surface area contributed by atoms with E-state index in [2.05, 4.69) is 34.2 Å². The van der Waals surface area contributed by atoms with Crippen molar-refractivity contribution < 1.29 is 18.7 Å². The molecular formula is C27H28N4O4. The molecule has 2 fully saturated rings. The zero-order valence-electron chi connectivity index (χ0n) is 19.7. The van der Waals surface area contributed by atoms with Gasteiger partial charge in [0, 0.05) is 55.4 Å². The van der Waals surface area contributed by atoms with Crippen LogP contribution in [0.15, 0.2) is 59.4 Å². The summed E-state index contributed by atoms with van der Waals surface area (Å²) in [5.41, 5.74) is 3.72. The third-order valence-corrected chi connectivity index (χ3v) is 7.49. The summed E-state index contributed by atoms with van der Waals surface area (Å²) in [4.78, 5) is 35.9. The molecule has 1 aromatic carbocycles. The minimum absolute atomic E-state index is 0.113. The fourth-order valence-electron chi connectivity index (χ4n) is 5.74. The summed E-state index contributed by atoms with van der Waals surface area (Å²) in [5, 5.41) is 1.10. The number of methoxy groups -OCH3 is 1. The number of pyridine rings is 1. The summed E-state index contributed by atoms with van der Waals surface area (Å²) in [5.74, 6) is 0.469. The van der Waals surface area contributed by atoms with Gasteiger partial charge < -0.3 is 23.9 Å². The third-order valence-electron chi connectivity index (χ3n) is 7.49. The summed E-state index contributed by atoms with van der Waals surface area (Å²) in [7, 11) is 1.37. The summed E-state index contributed by atoms with van der Waals surface area (Å²) < 4.78 is 10.5. The minimum atomic E-state index is -0.387. The number of rotatable bonds is 3. The van der Waals surface area contributed by atoms with E-state index in [-0.39, 0.29) is 24.1 Å². The molecule has 3 aromatic rings. The van der Waals surface area contributed by atoms with Gasteiger partial charge in [0.2, 0.25) is 0 Å². The Bertz CT molecular complexity index is 1280. The molecule has 35 heavy (non-hydrogen) atoms. The lowest BCUT2D eigenvalue weighted by Crippen LogP contribution is -2.58. The van der Waals surface area contributed by atoms with Crippen molar-refractivity contribution >= 4 is 34.4 Å². The molecule has 0 radical (unpaired) electrons. The van der Waals surface area contributed by atoms with Crippen LogP contribution in [0, 0.1) is 0 Å². The molecule has 0 N–H and O–H groups in total. The number of benzene rings is 1. The molecule has 0 spiro atoms. The number of carbonyl (C=O) groups excluding carboxylic acids is 2. The molecular weight excluding hydrogens is 444 g/mol. The topological polar surface area (TPSA) is 79.1 Å². The average Bonchev–Trinajstić information content (AvgIpc) is 3.49. The number of urea groups is 1. The van der Waals surface area contributed by atoms with E-state index in [1.807, 2.05) is 21.9 Å². The molecule has 2 atom stereocenters. The van der Waals surface area contributed by atoms with Gasteiger partial charge >= 0.3 is 12.0 Å². The maximum absolute atomic E-state index is 13.4. The van der Waals surface area contributed by atoms with Crippen LogP contribution < -0.4 is 4.90 Å². The second-order valence-corrected chi connectivity index (χ2v) is 9.45. The molecule has 0 saturated carbocycles. The molecule has 5 heterocycles. The van der Waals surface area contributed by atoms with Crippen molar-refractivity contribution in [2.45, 2.75) is 31.3 Å². The fourth-order valence-corrected chi connectivity index (χ4v) is 5.74. The van der Waals surface area contributed by atoms with Crippen LogP contribution in [-0.4, -0.2) is 72.2 Å². The largest absolute Gasteiger partial charge is 0.465 e. The highest BCUT2D eigenvalue weighted by Crippen LogP contribution is 2.35. The molecule has 2 saturated heterocycles. The van der Waals surface area contributed by atoms with Crippen LogP contribution in [-0.2, 0) is 4.74 Å². The number of amides is 2. The lowest BCUT2D eigenvalue weighted by molar-refractivity contribution is 0.0600. The maximum atomic E-state index is 13.4. The number of ether oxygens (including phenoxy) is 1. The molecule has 180 valence electrons. The number of esters is 1. The number of anilines is 1. The van der Waals surface area contributed by atoms with E-state index in [9.17, 15) is 9.59 Å². The Hall–Kier alpha value is -3.81. The van der Waals surface area contributed by atoms with Crippen molar-refractivity contribution in [3.63, 3.8) is 0 Å². The first kappa shape index (κ1) is 21.7. The first-order chi connectivity index (χ1) is 17.1. The first-order valence-electron chi connectivity index (χ1n) is 12.1. The summed E-state index contributed by atoms with van der Waals surface area (Å²) in [6.45, 7) is 2.69. The Morgan fingerprint density at radius 1 is 1.06 bits per heavy atom. The van der Waals surface area contributed by atoms with Gasteiger partial charge in [-0.1, -0.05) is 24.3 Å². The molecule has 2 unspecified atom stereocenters. The Kier molecular flexibility index (Phi) is 5.43. The number of likely N-dealkylation sites (tertiary alicyclic amines) is 1. The first-order valence-corrected chi connectivity index (χ1v) is 12.1. The van der Waals surface area contributed by atoms with Crippen LogP contribution in [0.25, 0.3) is 16.5 Å². The monoisotopic (exact) mass is 472 g/mol. The SMILES string of the molecule is COC(=O)c1ccc(N2C3CCC2CN(C(=O)N2CC=C(c4cccc5ccoc45)CC2)C3)nc1. The van der Waals surface area contributed by atoms with E-state index in [1.165, 1.54) is 12.7 Å². The van der Waals surface area contributed by atoms with Crippen LogP contribution in [0.1, 0.15) is 35.2 Å². The van der Waals surface area contributed by atoms with Crippen molar-refractivity contribution in [3.05, 3.63) is 66.1 Å². The van der Waals surface area contributed by atoms with Gasteiger partial charge in [-0.3, -0.25) is 0 Å². The highest BCUT2D eigenvalue weighted by atomic mass is 16.5. The number of piperazine rings is 1. The minimum Gasteiger partial charge on any atom is -0.465 e. The Morgan fingerprint density at radius 2 is 1.89 bits per heavy atom. The Labute approximate surface area is 203 Å². The molecule has 0 aliphatic carbocycles. The van der Waals surface area contributed by atoms with Crippen molar-refractivity contribution in [2.24, 2.45) is 0 Å². The van der Waals surface area contributed by atoms with Crippen molar-refractivity contribution in [1.29, 1.82) is 0 Å². The van der Waals surface area contributed by atoms with Crippen LogP contribution >= 0.6 is 0 Å². The second kappa shape index (κ2) is 8.76. The third kappa shape index (κ3) is 3.83. The van der Waals surface area contributed by atoms with Gasteiger partial charge in [-0.2, -0.15) is 0 Å². The molecule has 3 aliphatic rings. The van der Waals surface area contributed by atoms with Gasteiger partial charge in [0.1, 0.15) is 11.4 Å². The molecule has 2 bridgehead atoms. The number of hydrogen-bond acceptors (Lipinski definition) is 6. The lowest BCUT2D eigenvalue weighted by Gasteiger charge is -2.43. The lowest BCUT2D eigenvalue weighted by atomic mass is 9.98. The highest BCUT2D eigenvalue weighted by Gasteiger charge is 2.43. The zero-order chi connectivity index (χ0) is 23.9. The van der Waals surface area contributed by atoms with Crippen molar-refractivity contribution in [2.75, 3.05) is 38.2 Å². The number of carbonyl (C=O) groups is 2. The number of hydrogen-bond donors (Lipinski definition) is 0. The molecule has 8 heteroatoms. The van der Waals surface area contributed by atoms with Gasteiger partial charge in [-0.25, -0.2) is 14.6 Å². The maximum Gasteiger partial charge on any atom is 0.339 e. The van der Waals surface area contributed by atoms with E-state index in [0.717, 1.165) is 41.6 Å². The quantitative estimate of drug-likeness (QED) is 0.532. The van der Waals surface area contributed by atoms with E-state index in [4.69, 9.17) is 9.15 Å².